The van der Waals surface area contributed by atoms with Gasteiger partial charge in [-0.25, -0.2) is 8.42 Å². The van der Waals surface area contributed by atoms with Gasteiger partial charge >= 0.3 is 0 Å². The fourth-order valence-corrected chi connectivity index (χ4v) is 5.73. The second kappa shape index (κ2) is 7.16. The summed E-state index contributed by atoms with van der Waals surface area (Å²) in [6, 6.07) is 24.0. The van der Waals surface area contributed by atoms with Crippen LogP contribution < -0.4 is 4.90 Å². The number of hydrogen-bond acceptors (Lipinski definition) is 3. The highest BCUT2D eigenvalue weighted by molar-refractivity contribution is 7.91. The molecule has 0 N–H and O–H groups in total. The van der Waals surface area contributed by atoms with Crippen LogP contribution in [0, 0.1) is 6.92 Å². The summed E-state index contributed by atoms with van der Waals surface area (Å²) in [5.41, 5.74) is 2.40. The molecule has 0 aliphatic carbocycles. The number of aryl methyl sites for hydroxylation is 1. The molecule has 1 unspecified atom stereocenters. The third-order valence-electron chi connectivity index (χ3n) is 5.55. The van der Waals surface area contributed by atoms with E-state index in [0.717, 1.165) is 22.4 Å². The maximum Gasteiger partial charge on any atom is 0.238 e. The number of anilines is 1. The number of fused-ring (bicyclic) bond motifs is 1. The molecule has 4 nitrogen and oxygen atoms in total. The summed E-state index contributed by atoms with van der Waals surface area (Å²) in [6.07, 6.45) is 0. The Hall–Kier alpha value is -2.92. The second-order valence-electron chi connectivity index (χ2n) is 7.80. The van der Waals surface area contributed by atoms with Crippen LogP contribution in [-0.2, 0) is 26.6 Å². The zero-order valence-electron chi connectivity index (χ0n) is 16.5. The highest BCUT2D eigenvalue weighted by atomic mass is 32.2. The van der Waals surface area contributed by atoms with Crippen LogP contribution in [0.3, 0.4) is 0 Å². The van der Waals surface area contributed by atoms with Gasteiger partial charge in [0.15, 0.2) is 9.84 Å². The Balaban J connectivity index is 1.73. The van der Waals surface area contributed by atoms with Gasteiger partial charge in [-0.2, -0.15) is 0 Å². The number of nitrogens with zero attached hydrogens (tertiary/aromatic N) is 1. The molecular weight excluding hydrogens is 382 g/mol. The van der Waals surface area contributed by atoms with Crippen LogP contribution >= 0.6 is 0 Å². The Morgan fingerprint density at radius 2 is 1.48 bits per heavy atom. The molecule has 3 aromatic carbocycles. The molecule has 0 aromatic heterocycles. The van der Waals surface area contributed by atoms with Gasteiger partial charge in [0.2, 0.25) is 5.91 Å². The van der Waals surface area contributed by atoms with Crippen LogP contribution in [0.25, 0.3) is 0 Å². The predicted molar refractivity (Wildman–Crippen MR) is 115 cm³/mol. The zero-order valence-corrected chi connectivity index (χ0v) is 17.3. The van der Waals surface area contributed by atoms with E-state index in [1.165, 1.54) is 0 Å². The van der Waals surface area contributed by atoms with Crippen LogP contribution in [-0.4, -0.2) is 20.1 Å². The van der Waals surface area contributed by atoms with Crippen LogP contribution in [0.4, 0.5) is 5.69 Å². The molecule has 1 aliphatic heterocycles. The second-order valence-corrected chi connectivity index (χ2v) is 9.79. The highest BCUT2D eigenvalue weighted by Crippen LogP contribution is 2.43. The molecule has 1 amide bonds. The lowest BCUT2D eigenvalue weighted by molar-refractivity contribution is -0.122. The van der Waals surface area contributed by atoms with Crippen molar-refractivity contribution in [2.45, 2.75) is 30.7 Å². The normalized spacial score (nSPS) is 18.7. The minimum absolute atomic E-state index is 0.182. The molecule has 0 fully saturated rings. The molecule has 0 saturated heterocycles. The Morgan fingerprint density at radius 1 is 0.862 bits per heavy atom. The Labute approximate surface area is 171 Å². The summed E-state index contributed by atoms with van der Waals surface area (Å²) in [5.74, 6) is -0.442. The largest absolute Gasteiger partial charge is 0.307 e. The van der Waals surface area contributed by atoms with Gasteiger partial charge < -0.3 is 4.90 Å². The molecule has 5 heteroatoms. The van der Waals surface area contributed by atoms with Gasteiger partial charge in [-0.05, 0) is 43.2 Å². The maximum absolute atomic E-state index is 13.5. The molecule has 1 aliphatic rings. The average molecular weight is 406 g/mol. The van der Waals surface area contributed by atoms with Crippen LogP contribution in [0.15, 0.2) is 83.8 Å². The lowest BCUT2D eigenvalue weighted by Crippen LogP contribution is -2.42. The van der Waals surface area contributed by atoms with Crippen molar-refractivity contribution in [1.29, 1.82) is 0 Å². The van der Waals surface area contributed by atoms with Crippen molar-refractivity contribution in [1.82, 2.24) is 0 Å². The van der Waals surface area contributed by atoms with Gasteiger partial charge in [-0.1, -0.05) is 66.2 Å². The standard InChI is InChI=1S/C24H23NO3S/c1-18-12-14-20(15-13-18)29(27,28)17-24(2)21-10-6-7-11-22(21)25(23(24)26)16-19-8-4-3-5-9-19/h3-15H,16-17H2,1-2H3. The summed E-state index contributed by atoms with van der Waals surface area (Å²) in [5, 5.41) is 0. The van der Waals surface area contributed by atoms with Crippen molar-refractivity contribution in [3.8, 4) is 0 Å². The molecule has 4 rings (SSSR count). The van der Waals surface area contributed by atoms with Gasteiger partial charge in [0.25, 0.3) is 0 Å². The van der Waals surface area contributed by atoms with Crippen LogP contribution in [0.2, 0.25) is 0 Å². The molecule has 0 radical (unpaired) electrons. The van der Waals surface area contributed by atoms with E-state index < -0.39 is 15.3 Å². The Kier molecular flexibility index (Phi) is 4.79. The first-order valence-electron chi connectivity index (χ1n) is 9.56. The molecular formula is C24H23NO3S. The van der Waals surface area contributed by atoms with Crippen molar-refractivity contribution < 1.29 is 13.2 Å². The smallest absolute Gasteiger partial charge is 0.238 e. The number of benzene rings is 3. The zero-order chi connectivity index (χ0) is 20.6. The summed E-state index contributed by atoms with van der Waals surface area (Å²) >= 11 is 0. The van der Waals surface area contributed by atoms with Gasteiger partial charge in [0.1, 0.15) is 0 Å². The molecule has 3 aromatic rings. The first-order valence-corrected chi connectivity index (χ1v) is 11.2. The Morgan fingerprint density at radius 3 is 2.17 bits per heavy atom. The van der Waals surface area contributed by atoms with Crippen molar-refractivity contribution >= 4 is 21.4 Å². The van der Waals surface area contributed by atoms with Gasteiger partial charge in [-0.3, -0.25) is 4.79 Å². The maximum atomic E-state index is 13.5. The summed E-state index contributed by atoms with van der Waals surface area (Å²) in [6.45, 7) is 4.07. The minimum atomic E-state index is -3.64. The highest BCUT2D eigenvalue weighted by Gasteiger charge is 2.49. The van der Waals surface area contributed by atoms with E-state index >= 15 is 0 Å². The number of para-hydroxylation sites is 1. The van der Waals surface area contributed by atoms with Gasteiger partial charge in [-0.15, -0.1) is 0 Å². The number of carbonyl (C=O) groups is 1. The lowest BCUT2D eigenvalue weighted by Gasteiger charge is -2.24. The number of carbonyl (C=O) groups excluding carboxylic acids is 1. The third-order valence-corrected chi connectivity index (χ3v) is 7.50. The van der Waals surface area contributed by atoms with Crippen molar-refractivity contribution in [2.75, 3.05) is 10.7 Å². The number of rotatable bonds is 5. The molecule has 0 saturated carbocycles. The quantitative estimate of drug-likeness (QED) is 0.637. The van der Waals surface area contributed by atoms with Crippen molar-refractivity contribution in [3.05, 3.63) is 95.6 Å². The molecule has 0 spiro atoms. The summed E-state index contributed by atoms with van der Waals surface area (Å²) < 4.78 is 26.3. The number of amides is 1. The minimum Gasteiger partial charge on any atom is -0.307 e. The number of hydrogen-bond donors (Lipinski definition) is 0. The average Bonchev–Trinajstić information content (AvgIpc) is 2.91. The molecule has 29 heavy (non-hydrogen) atoms. The first kappa shape index (κ1) is 19.4. The Bertz CT molecular complexity index is 1150. The topological polar surface area (TPSA) is 54.5 Å². The third kappa shape index (κ3) is 3.47. The summed E-state index contributed by atoms with van der Waals surface area (Å²) in [7, 11) is -3.64. The van der Waals surface area contributed by atoms with E-state index in [4.69, 9.17) is 0 Å². The first-order chi connectivity index (χ1) is 13.8. The fraction of sp³-hybridized carbons (Fsp3) is 0.208. The SMILES string of the molecule is Cc1ccc(S(=O)(=O)CC2(C)C(=O)N(Cc3ccccc3)c3ccccc32)cc1. The molecule has 1 heterocycles. The van der Waals surface area contributed by atoms with Gasteiger partial charge in [0, 0.05) is 5.69 Å². The van der Waals surface area contributed by atoms with Gasteiger partial charge in [0.05, 0.1) is 22.6 Å². The molecule has 148 valence electrons. The lowest BCUT2D eigenvalue weighted by atomic mass is 9.86. The van der Waals surface area contributed by atoms with E-state index in [2.05, 4.69) is 0 Å². The fourth-order valence-electron chi connectivity index (χ4n) is 3.97. The van der Waals surface area contributed by atoms with Crippen LogP contribution in [0.1, 0.15) is 23.6 Å². The van der Waals surface area contributed by atoms with E-state index in [0.29, 0.717) is 6.54 Å². The monoisotopic (exact) mass is 405 g/mol. The summed E-state index contributed by atoms with van der Waals surface area (Å²) in [4.78, 5) is 15.5. The predicted octanol–water partition coefficient (Wildman–Crippen LogP) is 4.27. The van der Waals surface area contributed by atoms with E-state index in [-0.39, 0.29) is 16.6 Å². The van der Waals surface area contributed by atoms with Crippen molar-refractivity contribution in [2.24, 2.45) is 0 Å². The van der Waals surface area contributed by atoms with Crippen molar-refractivity contribution in [3.63, 3.8) is 0 Å². The van der Waals surface area contributed by atoms with E-state index in [1.54, 1.807) is 36.1 Å². The van der Waals surface area contributed by atoms with Crippen LogP contribution in [0.5, 0.6) is 0 Å². The molecule has 0 bridgehead atoms. The number of sulfone groups is 1. The van der Waals surface area contributed by atoms with E-state index in [9.17, 15) is 13.2 Å². The molecule has 1 atom stereocenters. The van der Waals surface area contributed by atoms with E-state index in [1.807, 2.05) is 61.5 Å².